The molecule has 0 bridgehead atoms. The van der Waals surface area contributed by atoms with Gasteiger partial charge in [-0.25, -0.2) is 4.39 Å². The molecule has 1 atom stereocenters. The van der Waals surface area contributed by atoms with E-state index in [-0.39, 0.29) is 17.8 Å². The lowest BCUT2D eigenvalue weighted by atomic mass is 9.97. The van der Waals surface area contributed by atoms with Crippen molar-refractivity contribution in [2.45, 2.75) is 19.4 Å². The molecule has 0 saturated carbocycles. The van der Waals surface area contributed by atoms with Crippen molar-refractivity contribution in [2.75, 3.05) is 43.5 Å². The predicted molar refractivity (Wildman–Crippen MR) is 153 cm³/mol. The van der Waals surface area contributed by atoms with Gasteiger partial charge < -0.3 is 15.0 Å². The molecule has 0 aliphatic carbocycles. The lowest BCUT2D eigenvalue weighted by molar-refractivity contribution is 0.102. The van der Waals surface area contributed by atoms with Crippen molar-refractivity contribution < 1.29 is 13.9 Å². The molecule has 1 saturated heterocycles. The lowest BCUT2D eigenvalue weighted by Crippen LogP contribution is -2.48. The van der Waals surface area contributed by atoms with E-state index >= 15 is 0 Å². The molecule has 4 aromatic rings. The van der Waals surface area contributed by atoms with E-state index in [0.717, 1.165) is 41.4 Å². The zero-order chi connectivity index (χ0) is 26.5. The monoisotopic (exact) mass is 529 g/mol. The summed E-state index contributed by atoms with van der Waals surface area (Å²) in [5, 5.41) is 4.07. The van der Waals surface area contributed by atoms with Crippen LogP contribution in [0.2, 0.25) is 0 Å². The number of hydrogen-bond acceptors (Lipinski definition) is 5. The fourth-order valence-electron chi connectivity index (χ4n) is 5.00. The van der Waals surface area contributed by atoms with Crippen molar-refractivity contribution in [2.24, 2.45) is 0 Å². The molecule has 5 rings (SSSR count). The minimum Gasteiger partial charge on any atom is -0.497 e. The topological polar surface area (TPSA) is 44.8 Å². The minimum absolute atomic E-state index is 0.0636. The predicted octanol–water partition coefficient (Wildman–Crippen LogP) is 6.62. The van der Waals surface area contributed by atoms with Crippen molar-refractivity contribution >= 4 is 27.9 Å². The van der Waals surface area contributed by atoms with Crippen LogP contribution in [-0.4, -0.2) is 44.1 Å². The molecule has 1 aliphatic heterocycles. The van der Waals surface area contributed by atoms with Crippen LogP contribution in [0.25, 0.3) is 0 Å². The smallest absolute Gasteiger partial charge is 0.256 e. The van der Waals surface area contributed by atoms with Gasteiger partial charge in [-0.15, -0.1) is 11.3 Å². The lowest BCUT2D eigenvalue weighted by Gasteiger charge is -2.40. The molecule has 2 heterocycles. The van der Waals surface area contributed by atoms with Gasteiger partial charge in [-0.2, -0.15) is 0 Å². The number of aryl methyl sites for hydroxylation is 1. The van der Waals surface area contributed by atoms with E-state index in [1.165, 1.54) is 10.9 Å². The highest BCUT2D eigenvalue weighted by atomic mass is 32.1. The summed E-state index contributed by atoms with van der Waals surface area (Å²) in [5.74, 6) is 0.493. The quantitative estimate of drug-likeness (QED) is 0.279. The molecule has 0 unspecified atom stereocenters. The summed E-state index contributed by atoms with van der Waals surface area (Å²) in [7, 11) is 1.66. The number of methoxy groups -OCH3 is 1. The number of hydrogen-bond donors (Lipinski definition) is 1. The number of amides is 1. The van der Waals surface area contributed by atoms with Gasteiger partial charge in [0.15, 0.2) is 0 Å². The number of ether oxygens (including phenoxy) is 1. The number of carbonyl (C=O) groups excluding carboxylic acids is 1. The van der Waals surface area contributed by atoms with Crippen molar-refractivity contribution in [3.8, 4) is 5.75 Å². The van der Waals surface area contributed by atoms with Gasteiger partial charge in [0, 0.05) is 42.2 Å². The molecule has 38 heavy (non-hydrogen) atoms. The zero-order valence-electron chi connectivity index (χ0n) is 21.7. The van der Waals surface area contributed by atoms with E-state index in [1.54, 1.807) is 24.5 Å². The van der Waals surface area contributed by atoms with Crippen LogP contribution < -0.4 is 15.0 Å². The Morgan fingerprint density at radius 2 is 1.66 bits per heavy atom. The van der Waals surface area contributed by atoms with E-state index in [2.05, 4.69) is 40.2 Å². The fourth-order valence-corrected chi connectivity index (χ4v) is 6.03. The van der Waals surface area contributed by atoms with Gasteiger partial charge in [-0.1, -0.05) is 49.4 Å². The van der Waals surface area contributed by atoms with Gasteiger partial charge in [-0.3, -0.25) is 9.69 Å². The highest BCUT2D eigenvalue weighted by molar-refractivity contribution is 7.16. The van der Waals surface area contributed by atoms with Crippen molar-refractivity contribution in [3.05, 3.63) is 112 Å². The molecule has 0 spiro atoms. The maximum Gasteiger partial charge on any atom is 0.256 e. The van der Waals surface area contributed by atoms with Crippen LogP contribution in [-0.2, 0) is 6.42 Å². The van der Waals surface area contributed by atoms with Crippen LogP contribution in [0.4, 0.5) is 15.1 Å². The van der Waals surface area contributed by atoms with Gasteiger partial charge >= 0.3 is 0 Å². The molecule has 1 aliphatic rings. The van der Waals surface area contributed by atoms with Crippen molar-refractivity contribution in [3.63, 3.8) is 0 Å². The maximum absolute atomic E-state index is 14.5. The summed E-state index contributed by atoms with van der Waals surface area (Å²) >= 11 is 1.63. The van der Waals surface area contributed by atoms with Gasteiger partial charge in [0.2, 0.25) is 0 Å². The first kappa shape index (κ1) is 25.9. The summed E-state index contributed by atoms with van der Waals surface area (Å²) in [6.45, 7) is 5.07. The number of benzene rings is 3. The zero-order valence-corrected chi connectivity index (χ0v) is 22.5. The third-order valence-corrected chi connectivity index (χ3v) is 8.23. The fraction of sp³-hybridized carbons (Fsp3) is 0.258. The summed E-state index contributed by atoms with van der Waals surface area (Å²) in [6.07, 6.45) is 0.884. The van der Waals surface area contributed by atoms with Gasteiger partial charge in [-0.05, 0) is 54.4 Å². The van der Waals surface area contributed by atoms with E-state index < -0.39 is 0 Å². The largest absolute Gasteiger partial charge is 0.497 e. The second kappa shape index (κ2) is 11.8. The number of piperazine rings is 1. The molecular weight excluding hydrogens is 497 g/mol. The van der Waals surface area contributed by atoms with Crippen molar-refractivity contribution in [1.82, 2.24) is 4.90 Å². The Morgan fingerprint density at radius 1 is 0.974 bits per heavy atom. The Hall–Kier alpha value is -3.68. The number of para-hydroxylation sites is 1. The number of anilines is 2. The van der Waals surface area contributed by atoms with Crippen LogP contribution in [0.15, 0.2) is 84.9 Å². The number of thiophene rings is 1. The van der Waals surface area contributed by atoms with Crippen LogP contribution >= 0.6 is 11.3 Å². The second-order valence-electron chi connectivity index (χ2n) is 9.32. The summed E-state index contributed by atoms with van der Waals surface area (Å²) in [4.78, 5) is 18.9. The number of carbonyl (C=O) groups is 1. The highest BCUT2D eigenvalue weighted by Gasteiger charge is 2.30. The Labute approximate surface area is 227 Å². The molecule has 3 aromatic carbocycles. The Kier molecular flexibility index (Phi) is 8.05. The molecular formula is C31H32FN3O2S. The van der Waals surface area contributed by atoms with Crippen LogP contribution in [0.5, 0.6) is 5.75 Å². The summed E-state index contributed by atoms with van der Waals surface area (Å²) in [5.41, 5.74) is 3.48. The first-order valence-electron chi connectivity index (χ1n) is 12.9. The van der Waals surface area contributed by atoms with E-state index in [1.807, 2.05) is 54.6 Å². The van der Waals surface area contributed by atoms with Crippen molar-refractivity contribution in [1.29, 1.82) is 0 Å². The molecule has 7 heteroatoms. The maximum atomic E-state index is 14.5. The first-order chi connectivity index (χ1) is 18.6. The molecule has 1 aromatic heterocycles. The van der Waals surface area contributed by atoms with E-state index in [9.17, 15) is 9.18 Å². The Balaban J connectivity index is 1.47. The molecule has 0 radical (unpaired) electrons. The van der Waals surface area contributed by atoms with Gasteiger partial charge in [0.05, 0.1) is 18.8 Å². The molecule has 1 fully saturated rings. The average Bonchev–Trinajstić information content (AvgIpc) is 3.37. The molecule has 1 N–H and O–H groups in total. The van der Waals surface area contributed by atoms with Gasteiger partial charge in [0.1, 0.15) is 16.6 Å². The Morgan fingerprint density at radius 3 is 2.32 bits per heavy atom. The SMILES string of the molecule is CCc1cc([C@@H](c2ccc(OC)cc2)N2CCN(c3ccccc3F)CC2)c(NC(=O)c2ccccc2)s1. The van der Waals surface area contributed by atoms with Gasteiger partial charge in [0.25, 0.3) is 5.91 Å². The second-order valence-corrected chi connectivity index (χ2v) is 10.5. The first-order valence-corrected chi connectivity index (χ1v) is 13.8. The molecule has 1 amide bonds. The van der Waals surface area contributed by atoms with E-state index in [4.69, 9.17) is 4.74 Å². The molecule has 196 valence electrons. The number of halogens is 1. The number of nitrogens with one attached hydrogen (secondary N) is 1. The summed E-state index contributed by atoms with van der Waals surface area (Å²) in [6, 6.07) is 26.6. The molecule has 5 nitrogen and oxygen atoms in total. The van der Waals surface area contributed by atoms with Crippen LogP contribution in [0.1, 0.15) is 39.3 Å². The number of rotatable bonds is 8. The highest BCUT2D eigenvalue weighted by Crippen LogP contribution is 2.40. The van der Waals surface area contributed by atoms with Crippen LogP contribution in [0.3, 0.4) is 0 Å². The number of nitrogens with zero attached hydrogens (tertiary/aromatic N) is 2. The normalized spacial score (nSPS) is 14.8. The van der Waals surface area contributed by atoms with Crippen LogP contribution in [0, 0.1) is 5.82 Å². The third-order valence-electron chi connectivity index (χ3n) is 7.02. The van der Waals surface area contributed by atoms with E-state index in [0.29, 0.717) is 24.3 Å². The summed E-state index contributed by atoms with van der Waals surface area (Å²) < 4.78 is 19.9. The standard InChI is InChI=1S/C31H32FN3O2S/c1-3-25-21-26(31(38-25)33-30(36)23-9-5-4-6-10-23)29(22-13-15-24(37-2)16-14-22)35-19-17-34(18-20-35)28-12-8-7-11-27(28)32/h4-16,21,29H,3,17-20H2,1-2H3,(H,33,36)/t29-/m1/s1. The third kappa shape index (κ3) is 5.59. The minimum atomic E-state index is -0.191. The Bertz CT molecular complexity index is 1370. The average molecular weight is 530 g/mol.